The second-order valence-corrected chi connectivity index (χ2v) is 5.37. The maximum Gasteiger partial charge on any atom is 0.330 e. The molecule has 1 aliphatic rings. The lowest BCUT2D eigenvalue weighted by Crippen LogP contribution is -2.35. The molecule has 0 radical (unpaired) electrons. The monoisotopic (exact) mass is 354 g/mol. The zero-order valence-corrected chi connectivity index (χ0v) is 14.0. The molecule has 25 heavy (non-hydrogen) atoms. The van der Waals surface area contributed by atoms with Gasteiger partial charge in [-0.05, 0) is 30.7 Å². The van der Waals surface area contributed by atoms with Gasteiger partial charge in [-0.1, -0.05) is 6.07 Å². The van der Waals surface area contributed by atoms with E-state index >= 15 is 0 Å². The first kappa shape index (κ1) is 19.2. The number of hydrogen-bond donors (Lipinski definition) is 3. The van der Waals surface area contributed by atoms with Crippen molar-refractivity contribution in [3.05, 3.63) is 29.8 Å². The maximum atomic E-state index is 11.8. The number of ether oxygens (including phenoxy) is 4. The number of benzene rings is 1. The predicted octanol–water partition coefficient (Wildman–Crippen LogP) is 0.440. The summed E-state index contributed by atoms with van der Waals surface area (Å²) < 4.78 is 20.4. The number of carbonyl (C=O) groups excluding carboxylic acids is 1. The van der Waals surface area contributed by atoms with Crippen molar-refractivity contribution in [2.75, 3.05) is 20.3 Å². The lowest BCUT2D eigenvalue weighted by molar-refractivity contribution is -0.172. The topological polar surface area (TPSA) is 115 Å². The minimum Gasteiger partial charge on any atom is -0.504 e. The minimum atomic E-state index is -1.20. The van der Waals surface area contributed by atoms with E-state index in [9.17, 15) is 20.1 Å². The van der Waals surface area contributed by atoms with Crippen LogP contribution in [0.4, 0.5) is 0 Å². The van der Waals surface area contributed by atoms with Crippen molar-refractivity contribution in [1.29, 1.82) is 0 Å². The lowest BCUT2D eigenvalue weighted by Gasteiger charge is -2.13. The van der Waals surface area contributed by atoms with Gasteiger partial charge in [0.2, 0.25) is 0 Å². The molecule has 0 unspecified atom stereocenters. The van der Waals surface area contributed by atoms with Crippen molar-refractivity contribution in [1.82, 2.24) is 0 Å². The van der Waals surface area contributed by atoms with Crippen LogP contribution in [0.5, 0.6) is 11.5 Å². The van der Waals surface area contributed by atoms with Crippen LogP contribution in [0.25, 0.3) is 6.08 Å². The van der Waals surface area contributed by atoms with Gasteiger partial charge in [-0.15, -0.1) is 0 Å². The molecule has 0 spiro atoms. The Bertz CT molecular complexity index is 615. The summed E-state index contributed by atoms with van der Waals surface area (Å²) in [6.07, 6.45) is -1.50. The molecule has 1 fully saturated rings. The molecule has 1 aromatic carbocycles. The van der Waals surface area contributed by atoms with Crippen LogP contribution in [-0.2, 0) is 19.0 Å². The fourth-order valence-electron chi connectivity index (χ4n) is 2.33. The van der Waals surface area contributed by atoms with Gasteiger partial charge < -0.3 is 34.3 Å². The highest BCUT2D eigenvalue weighted by atomic mass is 16.7. The molecular weight excluding hydrogens is 332 g/mol. The highest BCUT2D eigenvalue weighted by molar-refractivity contribution is 5.87. The summed E-state index contributed by atoms with van der Waals surface area (Å²) in [5, 5.41) is 29.1. The number of aliphatic hydroxyl groups is 2. The highest BCUT2D eigenvalue weighted by Crippen LogP contribution is 2.26. The number of aliphatic hydroxyl groups excluding tert-OH is 2. The Morgan fingerprint density at radius 3 is 2.76 bits per heavy atom. The van der Waals surface area contributed by atoms with E-state index in [1.807, 2.05) is 0 Å². The van der Waals surface area contributed by atoms with E-state index < -0.39 is 30.6 Å². The zero-order chi connectivity index (χ0) is 18.4. The highest BCUT2D eigenvalue weighted by Gasteiger charge is 2.43. The number of rotatable bonds is 7. The van der Waals surface area contributed by atoms with Gasteiger partial charge in [-0.3, -0.25) is 0 Å². The number of phenolic OH excluding ortho intramolecular Hbond substituents is 1. The summed E-state index contributed by atoms with van der Waals surface area (Å²) in [6.45, 7) is 1.84. The number of carbonyl (C=O) groups is 1. The zero-order valence-electron chi connectivity index (χ0n) is 14.0. The molecule has 2 rings (SSSR count). The number of phenols is 1. The molecule has 0 aliphatic carbocycles. The Morgan fingerprint density at radius 1 is 1.32 bits per heavy atom. The summed E-state index contributed by atoms with van der Waals surface area (Å²) in [5.74, 6) is -0.358. The lowest BCUT2D eigenvalue weighted by atomic mass is 10.1. The van der Waals surface area contributed by atoms with Crippen LogP contribution in [0.1, 0.15) is 12.5 Å². The SMILES string of the molecule is CCO[C@@H]1O[C@H](COC(=O)C=Cc2ccc(O)c(OC)c2)[C@H](O)[C@H]1O. The Morgan fingerprint density at radius 2 is 2.08 bits per heavy atom. The number of aromatic hydroxyl groups is 1. The third-order valence-corrected chi connectivity index (χ3v) is 3.66. The van der Waals surface area contributed by atoms with Gasteiger partial charge in [0.05, 0.1) is 7.11 Å². The Hall–Kier alpha value is -2.13. The normalized spacial score (nSPS) is 26.1. The molecule has 0 bridgehead atoms. The van der Waals surface area contributed by atoms with Crippen LogP contribution >= 0.6 is 0 Å². The van der Waals surface area contributed by atoms with Crippen LogP contribution < -0.4 is 4.74 Å². The molecule has 1 aromatic rings. The van der Waals surface area contributed by atoms with Crippen molar-refractivity contribution in [2.24, 2.45) is 0 Å². The van der Waals surface area contributed by atoms with Crippen molar-refractivity contribution in [2.45, 2.75) is 31.5 Å². The van der Waals surface area contributed by atoms with Crippen LogP contribution in [0, 0.1) is 0 Å². The predicted molar refractivity (Wildman–Crippen MR) is 87.0 cm³/mol. The molecule has 0 amide bonds. The smallest absolute Gasteiger partial charge is 0.330 e. The largest absolute Gasteiger partial charge is 0.504 e. The third kappa shape index (κ3) is 4.93. The molecule has 8 nitrogen and oxygen atoms in total. The fraction of sp³-hybridized carbons (Fsp3) is 0.471. The van der Waals surface area contributed by atoms with Gasteiger partial charge in [0.25, 0.3) is 0 Å². The van der Waals surface area contributed by atoms with Gasteiger partial charge in [0.15, 0.2) is 17.8 Å². The third-order valence-electron chi connectivity index (χ3n) is 3.66. The molecule has 1 aliphatic heterocycles. The van der Waals surface area contributed by atoms with E-state index in [4.69, 9.17) is 18.9 Å². The average molecular weight is 354 g/mol. The van der Waals surface area contributed by atoms with E-state index in [0.29, 0.717) is 12.2 Å². The second kappa shape index (κ2) is 8.82. The van der Waals surface area contributed by atoms with E-state index in [0.717, 1.165) is 0 Å². The second-order valence-electron chi connectivity index (χ2n) is 5.37. The molecule has 1 saturated heterocycles. The number of esters is 1. The Labute approximate surface area is 145 Å². The minimum absolute atomic E-state index is 0.00277. The Kier molecular flexibility index (Phi) is 6.77. The molecule has 4 atom stereocenters. The average Bonchev–Trinajstić information content (AvgIpc) is 2.87. The number of hydrogen-bond acceptors (Lipinski definition) is 8. The summed E-state index contributed by atoms with van der Waals surface area (Å²) in [7, 11) is 1.42. The maximum absolute atomic E-state index is 11.8. The van der Waals surface area contributed by atoms with Gasteiger partial charge in [0.1, 0.15) is 24.9 Å². The Balaban J connectivity index is 1.86. The molecule has 1 heterocycles. The standard InChI is InChI=1S/C17H22O8/c1-3-23-17-16(21)15(20)13(25-17)9-24-14(19)7-5-10-4-6-11(18)12(8-10)22-2/h4-8,13,15-18,20-21H,3,9H2,1-2H3/t13-,15+,16-,17-/m1/s1. The van der Waals surface area contributed by atoms with E-state index in [-0.39, 0.29) is 18.1 Å². The first-order chi connectivity index (χ1) is 12.0. The van der Waals surface area contributed by atoms with E-state index in [1.165, 1.54) is 25.3 Å². The first-order valence-corrected chi connectivity index (χ1v) is 7.81. The summed E-state index contributed by atoms with van der Waals surface area (Å²) in [5.41, 5.74) is 0.635. The molecule has 138 valence electrons. The van der Waals surface area contributed by atoms with Crippen molar-refractivity contribution >= 4 is 12.0 Å². The van der Waals surface area contributed by atoms with Crippen LogP contribution in [0.2, 0.25) is 0 Å². The summed E-state index contributed by atoms with van der Waals surface area (Å²) in [4.78, 5) is 11.8. The molecule has 8 heteroatoms. The van der Waals surface area contributed by atoms with Crippen LogP contribution in [0.3, 0.4) is 0 Å². The quantitative estimate of drug-likeness (QED) is 0.477. The molecule has 0 aromatic heterocycles. The molecule has 0 saturated carbocycles. The van der Waals surface area contributed by atoms with Crippen LogP contribution in [-0.4, -0.2) is 66.2 Å². The first-order valence-electron chi connectivity index (χ1n) is 7.81. The molecular formula is C17H22O8. The van der Waals surface area contributed by atoms with Gasteiger partial charge in [-0.25, -0.2) is 4.79 Å². The summed E-state index contributed by atoms with van der Waals surface area (Å²) in [6, 6.07) is 4.61. The van der Waals surface area contributed by atoms with Gasteiger partial charge >= 0.3 is 5.97 Å². The van der Waals surface area contributed by atoms with Crippen molar-refractivity contribution in [3.63, 3.8) is 0 Å². The molecule has 3 N–H and O–H groups in total. The number of methoxy groups -OCH3 is 1. The van der Waals surface area contributed by atoms with Crippen molar-refractivity contribution in [3.8, 4) is 11.5 Å². The van der Waals surface area contributed by atoms with E-state index in [2.05, 4.69) is 0 Å². The summed E-state index contributed by atoms with van der Waals surface area (Å²) >= 11 is 0. The van der Waals surface area contributed by atoms with Gasteiger partial charge in [0, 0.05) is 12.7 Å². The fourth-order valence-corrected chi connectivity index (χ4v) is 2.33. The van der Waals surface area contributed by atoms with E-state index in [1.54, 1.807) is 19.1 Å². The van der Waals surface area contributed by atoms with Gasteiger partial charge in [-0.2, -0.15) is 0 Å². The van der Waals surface area contributed by atoms with Crippen molar-refractivity contribution < 1.29 is 39.1 Å². The van der Waals surface area contributed by atoms with Crippen LogP contribution in [0.15, 0.2) is 24.3 Å².